The van der Waals surface area contributed by atoms with Crippen molar-refractivity contribution in [2.75, 3.05) is 6.54 Å². The van der Waals surface area contributed by atoms with E-state index in [0.717, 1.165) is 19.3 Å². The molecule has 0 saturated carbocycles. The van der Waals surface area contributed by atoms with Crippen LogP contribution >= 0.6 is 24.0 Å². The maximum Gasteiger partial charge on any atom is 0.269 e. The van der Waals surface area contributed by atoms with Gasteiger partial charge in [0.25, 0.3) is 11.5 Å². The number of pyridine rings is 1. The Balaban J connectivity index is 1.76. The number of benzene rings is 1. The Hall–Kier alpha value is -2.97. The summed E-state index contributed by atoms with van der Waals surface area (Å²) in [5.41, 5.74) is 0.358. The number of unbranched alkanes of at least 4 members (excludes halogenated alkanes) is 2. The lowest BCUT2D eigenvalue weighted by Gasteiger charge is -2.13. The molecule has 0 bridgehead atoms. The van der Waals surface area contributed by atoms with E-state index in [1.165, 1.54) is 16.2 Å². The van der Waals surface area contributed by atoms with E-state index in [1.54, 1.807) is 47.5 Å². The Kier molecular flexibility index (Phi) is 6.48. The van der Waals surface area contributed by atoms with Crippen LogP contribution in [0.1, 0.15) is 31.7 Å². The van der Waals surface area contributed by atoms with Crippen LogP contribution in [-0.4, -0.2) is 31.1 Å². The number of fused-ring (bicyclic) bond motifs is 1. The van der Waals surface area contributed by atoms with Gasteiger partial charge in [-0.2, -0.15) is 4.98 Å². The summed E-state index contributed by atoms with van der Waals surface area (Å²) in [5.74, 6) is 0.518. The highest BCUT2D eigenvalue weighted by Gasteiger charge is 2.32. The molecule has 31 heavy (non-hydrogen) atoms. The first-order chi connectivity index (χ1) is 15.1. The van der Waals surface area contributed by atoms with Crippen LogP contribution in [0.3, 0.4) is 0 Å². The molecule has 4 rings (SSSR count). The molecular weight excluding hydrogens is 430 g/mol. The molecule has 1 aromatic carbocycles. The van der Waals surface area contributed by atoms with Gasteiger partial charge in [-0.25, -0.2) is 0 Å². The zero-order valence-corrected chi connectivity index (χ0v) is 18.6. The van der Waals surface area contributed by atoms with E-state index in [-0.39, 0.29) is 22.9 Å². The van der Waals surface area contributed by atoms with E-state index in [0.29, 0.717) is 27.2 Å². The lowest BCUT2D eigenvalue weighted by molar-refractivity contribution is -0.122. The second kappa shape index (κ2) is 9.45. The van der Waals surface area contributed by atoms with Gasteiger partial charge in [0.15, 0.2) is 0 Å². The van der Waals surface area contributed by atoms with Crippen LogP contribution in [0.4, 0.5) is 0 Å². The summed E-state index contributed by atoms with van der Waals surface area (Å²) in [6.45, 7) is 2.69. The van der Waals surface area contributed by atoms with Crippen LogP contribution in [0.5, 0.6) is 11.6 Å². The third-order valence-electron chi connectivity index (χ3n) is 4.83. The predicted octanol–water partition coefficient (Wildman–Crippen LogP) is 4.88. The molecule has 0 aliphatic carbocycles. The molecule has 0 N–H and O–H groups in total. The van der Waals surface area contributed by atoms with Gasteiger partial charge in [-0.15, -0.1) is 0 Å². The third kappa shape index (κ3) is 4.55. The quantitative estimate of drug-likeness (QED) is 0.290. The highest BCUT2D eigenvalue weighted by atomic mass is 32.2. The van der Waals surface area contributed by atoms with Gasteiger partial charge in [0.05, 0.1) is 4.91 Å². The van der Waals surface area contributed by atoms with Gasteiger partial charge in [-0.1, -0.05) is 68.0 Å². The average Bonchev–Trinajstić information content (AvgIpc) is 3.04. The number of carbonyl (C=O) groups is 1. The van der Waals surface area contributed by atoms with Crippen LogP contribution in [-0.2, 0) is 4.79 Å². The molecule has 1 aliphatic rings. The fraction of sp³-hybridized carbons (Fsp3) is 0.217. The molecule has 1 aliphatic heterocycles. The molecule has 3 aromatic rings. The second-order valence-corrected chi connectivity index (χ2v) is 8.70. The summed E-state index contributed by atoms with van der Waals surface area (Å²) in [5, 5.41) is 0. The van der Waals surface area contributed by atoms with Crippen LogP contribution in [0.2, 0.25) is 0 Å². The minimum Gasteiger partial charge on any atom is -0.438 e. The summed E-state index contributed by atoms with van der Waals surface area (Å²) in [6, 6.07) is 14.4. The molecule has 1 fully saturated rings. The molecule has 3 heterocycles. The summed E-state index contributed by atoms with van der Waals surface area (Å²) in [7, 11) is 0. The van der Waals surface area contributed by atoms with Gasteiger partial charge >= 0.3 is 0 Å². The van der Waals surface area contributed by atoms with Crippen LogP contribution < -0.4 is 10.3 Å². The number of carbonyl (C=O) groups excluding carboxylic acids is 1. The minimum atomic E-state index is -0.312. The third-order valence-corrected chi connectivity index (χ3v) is 6.20. The van der Waals surface area contributed by atoms with Crippen molar-refractivity contribution >= 4 is 45.9 Å². The summed E-state index contributed by atoms with van der Waals surface area (Å²) >= 11 is 6.61. The maximum absolute atomic E-state index is 13.2. The molecule has 1 amide bonds. The zero-order valence-electron chi connectivity index (χ0n) is 17.0. The first-order valence-corrected chi connectivity index (χ1v) is 11.3. The van der Waals surface area contributed by atoms with Crippen molar-refractivity contribution in [3.05, 3.63) is 75.6 Å². The fourth-order valence-corrected chi connectivity index (χ4v) is 4.52. The van der Waals surface area contributed by atoms with E-state index in [2.05, 4.69) is 11.9 Å². The maximum atomic E-state index is 13.2. The van der Waals surface area contributed by atoms with Gasteiger partial charge in [0.2, 0.25) is 5.88 Å². The number of para-hydroxylation sites is 1. The van der Waals surface area contributed by atoms with Crippen molar-refractivity contribution in [3.8, 4) is 11.6 Å². The summed E-state index contributed by atoms with van der Waals surface area (Å²) < 4.78 is 7.88. The van der Waals surface area contributed by atoms with E-state index in [9.17, 15) is 9.59 Å². The Morgan fingerprint density at radius 3 is 2.65 bits per heavy atom. The Morgan fingerprint density at radius 2 is 1.87 bits per heavy atom. The summed E-state index contributed by atoms with van der Waals surface area (Å²) in [6.07, 6.45) is 6.17. The number of rotatable bonds is 7. The highest BCUT2D eigenvalue weighted by molar-refractivity contribution is 8.26. The molecule has 8 heteroatoms. The normalized spacial score (nSPS) is 15.3. The van der Waals surface area contributed by atoms with E-state index in [1.807, 2.05) is 18.2 Å². The van der Waals surface area contributed by atoms with Crippen LogP contribution in [0.15, 0.2) is 64.4 Å². The molecule has 6 nitrogen and oxygen atoms in total. The second-order valence-electron chi connectivity index (χ2n) is 7.02. The van der Waals surface area contributed by atoms with E-state index < -0.39 is 0 Å². The van der Waals surface area contributed by atoms with Crippen molar-refractivity contribution < 1.29 is 9.53 Å². The molecule has 0 atom stereocenters. The van der Waals surface area contributed by atoms with Crippen LogP contribution in [0, 0.1) is 0 Å². The van der Waals surface area contributed by atoms with Crippen molar-refractivity contribution in [2.24, 2.45) is 0 Å². The Labute approximate surface area is 189 Å². The summed E-state index contributed by atoms with van der Waals surface area (Å²) in [4.78, 5) is 32.7. The SMILES string of the molecule is CCCCCN1C(=O)C(=Cc2c(Oc3ccccc3)nc3ccccn3c2=O)SC1=S. The number of aromatic nitrogens is 2. The first kappa shape index (κ1) is 21.3. The number of hydrogen-bond donors (Lipinski definition) is 0. The molecule has 158 valence electrons. The Morgan fingerprint density at radius 1 is 1.10 bits per heavy atom. The van der Waals surface area contributed by atoms with E-state index >= 15 is 0 Å². The largest absolute Gasteiger partial charge is 0.438 e. The fourth-order valence-electron chi connectivity index (χ4n) is 3.23. The van der Waals surface area contributed by atoms with Crippen molar-refractivity contribution in [2.45, 2.75) is 26.2 Å². The van der Waals surface area contributed by atoms with Gasteiger partial charge in [-0.05, 0) is 36.8 Å². The predicted molar refractivity (Wildman–Crippen MR) is 127 cm³/mol. The standard InChI is InChI=1S/C23H21N3O3S2/c1-2-3-8-14-26-22(28)18(31-23(26)30)15-17-20(29-16-10-5-4-6-11-16)24-19-12-7-9-13-25(19)21(17)27/h4-7,9-13,15H,2-3,8,14H2,1H3. The molecular formula is C23H21N3O3S2. The van der Waals surface area contributed by atoms with Crippen molar-refractivity contribution in [3.63, 3.8) is 0 Å². The van der Waals surface area contributed by atoms with Crippen molar-refractivity contribution in [1.82, 2.24) is 14.3 Å². The van der Waals surface area contributed by atoms with Crippen molar-refractivity contribution in [1.29, 1.82) is 0 Å². The number of thiocarbonyl (C=S) groups is 1. The lowest BCUT2D eigenvalue weighted by Crippen LogP contribution is -2.29. The molecule has 2 aromatic heterocycles. The van der Waals surface area contributed by atoms with Gasteiger partial charge in [-0.3, -0.25) is 18.9 Å². The monoisotopic (exact) mass is 451 g/mol. The van der Waals surface area contributed by atoms with Gasteiger partial charge < -0.3 is 4.74 Å². The lowest BCUT2D eigenvalue weighted by atomic mass is 10.2. The van der Waals surface area contributed by atoms with Gasteiger partial charge in [0.1, 0.15) is 21.3 Å². The van der Waals surface area contributed by atoms with E-state index in [4.69, 9.17) is 17.0 Å². The molecule has 1 saturated heterocycles. The van der Waals surface area contributed by atoms with Gasteiger partial charge in [0, 0.05) is 12.7 Å². The number of nitrogens with zero attached hydrogens (tertiary/aromatic N) is 3. The number of amides is 1. The number of thioether (sulfide) groups is 1. The number of ether oxygens (including phenoxy) is 1. The zero-order chi connectivity index (χ0) is 21.8. The molecule has 0 radical (unpaired) electrons. The average molecular weight is 452 g/mol. The Bertz CT molecular complexity index is 1220. The topological polar surface area (TPSA) is 63.9 Å². The first-order valence-electron chi connectivity index (χ1n) is 10.1. The van der Waals surface area contributed by atoms with Crippen LogP contribution in [0.25, 0.3) is 11.7 Å². The number of hydrogen-bond acceptors (Lipinski definition) is 6. The molecule has 0 spiro atoms. The molecule has 0 unspecified atom stereocenters. The minimum absolute atomic E-state index is 0.152. The highest BCUT2D eigenvalue weighted by Crippen LogP contribution is 2.34. The smallest absolute Gasteiger partial charge is 0.269 e.